The van der Waals surface area contributed by atoms with Crippen molar-refractivity contribution >= 4 is 13.7 Å². The number of amides is 1. The van der Waals surface area contributed by atoms with Crippen LogP contribution in [0.15, 0.2) is 12.2 Å². The molecule has 0 fully saturated rings. The van der Waals surface area contributed by atoms with Crippen molar-refractivity contribution in [1.82, 2.24) is 5.32 Å². The maximum Gasteiger partial charge on any atom is 0.268 e. The Morgan fingerprint density at radius 3 is 2.00 bits per heavy atom. The molecule has 0 aliphatic carbocycles. The smallest absolute Gasteiger partial charge is 0.268 e. The second-order valence-electron chi connectivity index (χ2n) is 12.5. The van der Waals surface area contributed by atoms with Gasteiger partial charge in [-0.1, -0.05) is 109 Å². The summed E-state index contributed by atoms with van der Waals surface area (Å²) >= 11 is 0. The maximum atomic E-state index is 12.7. The van der Waals surface area contributed by atoms with Gasteiger partial charge in [0.1, 0.15) is 13.2 Å². The number of nitrogens with zero attached hydrogens (tertiary/aromatic N) is 1. The summed E-state index contributed by atoms with van der Waals surface area (Å²) in [5.74, 6) is -0.182. The summed E-state index contributed by atoms with van der Waals surface area (Å²) in [4.78, 5) is 25.0. The average molecular weight is 605 g/mol. The van der Waals surface area contributed by atoms with Crippen molar-refractivity contribution in [2.24, 2.45) is 0 Å². The Morgan fingerprint density at radius 1 is 0.829 bits per heavy atom. The van der Waals surface area contributed by atoms with E-state index in [1.54, 1.807) is 0 Å². The predicted octanol–water partition coefficient (Wildman–Crippen LogP) is 7.05. The Labute approximate surface area is 252 Å². The van der Waals surface area contributed by atoms with Crippen LogP contribution in [0, 0.1) is 0 Å². The number of rotatable bonds is 29. The van der Waals surface area contributed by atoms with Gasteiger partial charge in [-0.25, -0.2) is 0 Å². The number of phosphoric ester groups is 1. The molecule has 0 rings (SSSR count). The highest BCUT2D eigenvalue weighted by molar-refractivity contribution is 7.45. The summed E-state index contributed by atoms with van der Waals surface area (Å²) in [5.41, 5.74) is 0. The van der Waals surface area contributed by atoms with Crippen LogP contribution in [0.1, 0.15) is 136 Å². The fraction of sp³-hybridized carbons (Fsp3) is 0.906. The topological polar surface area (TPSA) is 108 Å². The second kappa shape index (κ2) is 25.7. The molecule has 244 valence electrons. The Balaban J connectivity index is 4.57. The summed E-state index contributed by atoms with van der Waals surface area (Å²) in [6.07, 6.45) is 23.6. The molecule has 0 spiro atoms. The van der Waals surface area contributed by atoms with E-state index < -0.39 is 20.0 Å². The van der Waals surface area contributed by atoms with E-state index in [0.717, 1.165) is 57.8 Å². The minimum atomic E-state index is -4.54. The minimum Gasteiger partial charge on any atom is -0.756 e. The van der Waals surface area contributed by atoms with Crippen molar-refractivity contribution in [2.75, 3.05) is 40.9 Å². The van der Waals surface area contributed by atoms with Crippen LogP contribution in [0.25, 0.3) is 0 Å². The van der Waals surface area contributed by atoms with Crippen LogP contribution in [0.2, 0.25) is 0 Å². The highest BCUT2D eigenvalue weighted by atomic mass is 31.2. The lowest BCUT2D eigenvalue weighted by Gasteiger charge is -2.30. The first kappa shape index (κ1) is 40.2. The van der Waals surface area contributed by atoms with Crippen molar-refractivity contribution < 1.29 is 32.9 Å². The van der Waals surface area contributed by atoms with Gasteiger partial charge >= 0.3 is 0 Å². The number of phosphoric acid groups is 1. The molecule has 9 heteroatoms. The lowest BCUT2D eigenvalue weighted by atomic mass is 10.0. The van der Waals surface area contributed by atoms with Gasteiger partial charge in [0.2, 0.25) is 5.91 Å². The Morgan fingerprint density at radius 2 is 1.39 bits per heavy atom. The molecule has 0 saturated carbocycles. The third-order valence-corrected chi connectivity index (χ3v) is 8.20. The molecule has 0 heterocycles. The van der Waals surface area contributed by atoms with E-state index in [0.29, 0.717) is 23.9 Å². The number of carbonyl (C=O) groups excluding carboxylic acids is 1. The number of allylic oxidation sites excluding steroid dienone is 2. The first-order valence-corrected chi connectivity index (χ1v) is 18.0. The van der Waals surface area contributed by atoms with E-state index >= 15 is 0 Å². The molecule has 8 nitrogen and oxygen atoms in total. The van der Waals surface area contributed by atoms with Crippen LogP contribution in [0.5, 0.6) is 0 Å². The Kier molecular flexibility index (Phi) is 25.2. The zero-order chi connectivity index (χ0) is 30.8. The third-order valence-electron chi connectivity index (χ3n) is 7.23. The lowest BCUT2D eigenvalue weighted by Crippen LogP contribution is -2.46. The Hall–Kier alpha value is -0.760. The number of quaternary nitrogens is 1. The van der Waals surface area contributed by atoms with E-state index in [1.165, 1.54) is 51.4 Å². The summed E-state index contributed by atoms with van der Waals surface area (Å²) in [6, 6.07) is -0.796. The third kappa shape index (κ3) is 27.8. The van der Waals surface area contributed by atoms with Gasteiger partial charge in [0.15, 0.2) is 0 Å². The largest absolute Gasteiger partial charge is 0.756 e. The number of unbranched alkanes of at least 4 members (excludes halogenated alkanes) is 14. The fourth-order valence-electron chi connectivity index (χ4n) is 4.51. The lowest BCUT2D eigenvalue weighted by molar-refractivity contribution is -0.870. The van der Waals surface area contributed by atoms with Crippen LogP contribution in [0.4, 0.5) is 0 Å². The summed E-state index contributed by atoms with van der Waals surface area (Å²) < 4.78 is 23.0. The summed E-state index contributed by atoms with van der Waals surface area (Å²) in [7, 11) is 1.29. The second-order valence-corrected chi connectivity index (χ2v) is 13.9. The first-order valence-electron chi connectivity index (χ1n) is 16.5. The normalized spacial score (nSPS) is 15.2. The van der Waals surface area contributed by atoms with E-state index in [1.807, 2.05) is 21.1 Å². The van der Waals surface area contributed by atoms with Crippen LogP contribution in [0.3, 0.4) is 0 Å². The Bertz CT molecular complexity index is 698. The van der Waals surface area contributed by atoms with E-state index in [-0.39, 0.29) is 19.1 Å². The number of aliphatic hydroxyl groups excluding tert-OH is 1. The molecule has 0 aromatic rings. The van der Waals surface area contributed by atoms with Crippen LogP contribution in [-0.4, -0.2) is 68.5 Å². The molecule has 0 aromatic carbocycles. The standard InChI is InChI=1S/C32H65N2O6P/c1-6-8-10-12-14-16-18-20-22-24-26-32(36)33-30(29-40-41(37,38)39-28-27-34(3,4)5)31(35)25-23-21-19-17-15-13-11-9-7-2/h10,12,30-31,35H,6-9,11,13-29H2,1-5H3,(H-,33,36,37,38)/b12-10-. The van der Waals surface area contributed by atoms with Gasteiger partial charge in [0.05, 0.1) is 39.9 Å². The molecular formula is C32H65N2O6P. The number of hydrogen-bond acceptors (Lipinski definition) is 6. The first-order chi connectivity index (χ1) is 19.5. The number of likely N-dealkylation sites (N-methyl/N-ethyl adjacent to an activating group) is 1. The molecule has 2 N–H and O–H groups in total. The van der Waals surface area contributed by atoms with Gasteiger partial charge in [-0.15, -0.1) is 0 Å². The quantitative estimate of drug-likeness (QED) is 0.0410. The van der Waals surface area contributed by atoms with Crippen molar-refractivity contribution in [1.29, 1.82) is 0 Å². The molecule has 3 unspecified atom stereocenters. The van der Waals surface area contributed by atoms with Crippen molar-refractivity contribution in [3.63, 3.8) is 0 Å². The predicted molar refractivity (Wildman–Crippen MR) is 169 cm³/mol. The van der Waals surface area contributed by atoms with Crippen LogP contribution < -0.4 is 10.2 Å². The maximum absolute atomic E-state index is 12.7. The van der Waals surface area contributed by atoms with E-state index in [4.69, 9.17) is 9.05 Å². The molecule has 0 saturated heterocycles. The molecule has 0 radical (unpaired) electrons. The monoisotopic (exact) mass is 604 g/mol. The number of aliphatic hydroxyl groups is 1. The molecule has 41 heavy (non-hydrogen) atoms. The van der Waals surface area contributed by atoms with Crippen molar-refractivity contribution in [2.45, 2.75) is 148 Å². The van der Waals surface area contributed by atoms with Gasteiger partial charge in [0, 0.05) is 6.42 Å². The van der Waals surface area contributed by atoms with E-state index in [2.05, 4.69) is 31.3 Å². The molecule has 3 atom stereocenters. The molecule has 1 amide bonds. The van der Waals surface area contributed by atoms with Crippen molar-refractivity contribution in [3.05, 3.63) is 12.2 Å². The fourth-order valence-corrected chi connectivity index (χ4v) is 5.23. The summed E-state index contributed by atoms with van der Waals surface area (Å²) in [6.45, 7) is 4.59. The van der Waals surface area contributed by atoms with Crippen LogP contribution >= 0.6 is 7.82 Å². The SMILES string of the molecule is CCC/C=C\CCCCCCCC(=O)NC(COP(=O)([O-])OCC[N+](C)(C)C)C(O)CCCCCCCCCCC. The highest BCUT2D eigenvalue weighted by Gasteiger charge is 2.24. The highest BCUT2D eigenvalue weighted by Crippen LogP contribution is 2.38. The molecule has 0 aliphatic rings. The zero-order valence-electron chi connectivity index (χ0n) is 27.2. The van der Waals surface area contributed by atoms with Crippen LogP contribution in [-0.2, 0) is 18.4 Å². The van der Waals surface area contributed by atoms with Gasteiger partial charge < -0.3 is 28.8 Å². The minimum absolute atomic E-state index is 0.0112. The van der Waals surface area contributed by atoms with Gasteiger partial charge in [-0.3, -0.25) is 9.36 Å². The molecule has 0 aliphatic heterocycles. The number of hydrogen-bond donors (Lipinski definition) is 2. The van der Waals surface area contributed by atoms with Gasteiger partial charge in [-0.05, 0) is 32.1 Å². The zero-order valence-corrected chi connectivity index (χ0v) is 28.1. The number of carbonyl (C=O) groups is 1. The van der Waals surface area contributed by atoms with Gasteiger partial charge in [-0.2, -0.15) is 0 Å². The molecule has 0 aromatic heterocycles. The molecule has 0 bridgehead atoms. The average Bonchev–Trinajstić information content (AvgIpc) is 2.90. The van der Waals surface area contributed by atoms with Crippen molar-refractivity contribution in [3.8, 4) is 0 Å². The van der Waals surface area contributed by atoms with E-state index in [9.17, 15) is 19.4 Å². The van der Waals surface area contributed by atoms with Gasteiger partial charge in [0.25, 0.3) is 7.82 Å². The molecular weight excluding hydrogens is 539 g/mol. The summed E-state index contributed by atoms with van der Waals surface area (Å²) in [5, 5.41) is 13.7. The number of nitrogens with one attached hydrogen (secondary N) is 1.